The molecule has 0 aliphatic carbocycles. The van der Waals surface area contributed by atoms with Crippen LogP contribution in [0, 0.1) is 5.92 Å². The fourth-order valence-electron chi connectivity index (χ4n) is 3.45. The van der Waals surface area contributed by atoms with Crippen molar-refractivity contribution in [2.45, 2.75) is 82.6 Å². The number of carboxylic acid groups (broad SMARTS) is 2. The number of primary amides is 1. The molecule has 0 aliphatic heterocycles. The summed E-state index contributed by atoms with van der Waals surface area (Å²) in [6.07, 6.45) is 0.790. The average molecular weight is 607 g/mol. The summed E-state index contributed by atoms with van der Waals surface area (Å²) in [4.78, 5) is 84.8. The quantitative estimate of drug-likeness (QED) is 0.0643. The molecule has 0 bridgehead atoms. The number of amides is 5. The van der Waals surface area contributed by atoms with E-state index in [1.807, 2.05) is 0 Å². The minimum absolute atomic E-state index is 0.0669. The number of rotatable bonds is 21. The Morgan fingerprint density at radius 1 is 0.732 bits per heavy atom. The number of hydrogen-bond donors (Lipinski definition) is 9. The Balaban J connectivity index is 5.68. The zero-order valence-corrected chi connectivity index (χ0v) is 24.2. The first-order valence-corrected chi connectivity index (χ1v) is 14.3. The van der Waals surface area contributed by atoms with Gasteiger partial charge in [0.1, 0.15) is 24.2 Å². The summed E-state index contributed by atoms with van der Waals surface area (Å²) in [5.41, 5.74) is 10.8. The topological polar surface area (TPSA) is 280 Å². The molecule has 0 rings (SSSR count). The van der Waals surface area contributed by atoms with Gasteiger partial charge in [-0.25, -0.2) is 4.79 Å². The van der Waals surface area contributed by atoms with Gasteiger partial charge in [-0.1, -0.05) is 13.8 Å². The molecule has 0 unspecified atom stereocenters. The maximum absolute atomic E-state index is 13.2. The van der Waals surface area contributed by atoms with Crippen LogP contribution >= 0.6 is 11.8 Å². The zero-order chi connectivity index (χ0) is 31.7. The van der Waals surface area contributed by atoms with E-state index in [1.165, 1.54) is 11.8 Å². The molecule has 0 aromatic rings. The number of carbonyl (C=O) groups is 7. The lowest BCUT2D eigenvalue weighted by Crippen LogP contribution is -2.59. The van der Waals surface area contributed by atoms with E-state index in [2.05, 4.69) is 21.3 Å². The molecule has 0 heterocycles. The molecule has 17 heteroatoms. The lowest BCUT2D eigenvalue weighted by molar-refractivity contribution is -0.142. The monoisotopic (exact) mass is 606 g/mol. The smallest absolute Gasteiger partial charge is 0.326 e. The Hall–Kier alpha value is -3.44. The van der Waals surface area contributed by atoms with Crippen LogP contribution in [0.1, 0.15) is 52.4 Å². The van der Waals surface area contributed by atoms with E-state index >= 15 is 0 Å². The second-order valence-electron chi connectivity index (χ2n) is 9.72. The predicted octanol–water partition coefficient (Wildman–Crippen LogP) is -2.74. The largest absolute Gasteiger partial charge is 0.481 e. The summed E-state index contributed by atoms with van der Waals surface area (Å²) in [5.74, 6) is -6.47. The number of aliphatic carboxylic acids is 2. The maximum atomic E-state index is 13.2. The summed E-state index contributed by atoms with van der Waals surface area (Å²) < 4.78 is 0. The second-order valence-corrected chi connectivity index (χ2v) is 10.7. The van der Waals surface area contributed by atoms with Crippen molar-refractivity contribution in [3.8, 4) is 0 Å². The molecule has 0 radical (unpaired) electrons. The van der Waals surface area contributed by atoms with Gasteiger partial charge in [0.25, 0.3) is 0 Å². The molecule has 11 N–H and O–H groups in total. The highest BCUT2D eigenvalue weighted by atomic mass is 32.2. The lowest BCUT2D eigenvalue weighted by Gasteiger charge is -2.26. The highest BCUT2D eigenvalue weighted by molar-refractivity contribution is 7.98. The van der Waals surface area contributed by atoms with E-state index in [9.17, 15) is 43.8 Å². The van der Waals surface area contributed by atoms with Crippen LogP contribution in [-0.4, -0.2) is 106 Å². The van der Waals surface area contributed by atoms with Crippen molar-refractivity contribution >= 4 is 53.2 Å². The summed E-state index contributed by atoms with van der Waals surface area (Å²) in [6, 6.07) is -6.66. The van der Waals surface area contributed by atoms with Gasteiger partial charge in [-0.2, -0.15) is 11.8 Å². The van der Waals surface area contributed by atoms with E-state index in [0.717, 1.165) is 0 Å². The summed E-state index contributed by atoms with van der Waals surface area (Å²) >= 11 is 1.38. The molecule has 5 amide bonds. The fourth-order valence-corrected chi connectivity index (χ4v) is 3.92. The maximum Gasteiger partial charge on any atom is 0.326 e. The van der Waals surface area contributed by atoms with Gasteiger partial charge in [-0.3, -0.25) is 28.8 Å². The third-order valence-electron chi connectivity index (χ3n) is 5.70. The van der Waals surface area contributed by atoms with E-state index in [-0.39, 0.29) is 38.0 Å². The number of thioether (sulfide) groups is 1. The van der Waals surface area contributed by atoms with Crippen molar-refractivity contribution < 1.29 is 48.9 Å². The van der Waals surface area contributed by atoms with Crippen LogP contribution in [0.25, 0.3) is 0 Å². The molecular weight excluding hydrogens is 564 g/mol. The van der Waals surface area contributed by atoms with Gasteiger partial charge in [0, 0.05) is 12.8 Å². The number of hydrogen-bond acceptors (Lipinski definition) is 10. The predicted molar refractivity (Wildman–Crippen MR) is 148 cm³/mol. The average Bonchev–Trinajstić information content (AvgIpc) is 2.88. The highest BCUT2D eigenvalue weighted by Crippen LogP contribution is 2.09. The van der Waals surface area contributed by atoms with Crippen molar-refractivity contribution in [3.63, 3.8) is 0 Å². The molecule has 0 spiro atoms. The van der Waals surface area contributed by atoms with Gasteiger partial charge < -0.3 is 48.1 Å². The van der Waals surface area contributed by atoms with Crippen LogP contribution in [-0.2, 0) is 33.6 Å². The van der Waals surface area contributed by atoms with E-state index in [0.29, 0.717) is 5.75 Å². The first-order valence-electron chi connectivity index (χ1n) is 12.9. The van der Waals surface area contributed by atoms with Gasteiger partial charge in [0.2, 0.25) is 29.5 Å². The number of nitrogens with one attached hydrogen (secondary N) is 4. The Morgan fingerprint density at radius 2 is 1.24 bits per heavy atom. The number of carbonyl (C=O) groups excluding carboxylic acids is 5. The third kappa shape index (κ3) is 15.8. The number of carboxylic acids is 2. The Bertz CT molecular complexity index is 935. The SMILES string of the molecule is CSCC[C@H](NC(=O)[C@H](CCC(N)=O)NC(=O)[C@H](CC(C)C)NC(=O)[C@H](CO)NC(=O)[C@@H](N)CCC(=O)O)C(=O)O. The molecule has 5 atom stereocenters. The first-order chi connectivity index (χ1) is 19.1. The summed E-state index contributed by atoms with van der Waals surface area (Å²) in [6.45, 7) is 2.63. The summed E-state index contributed by atoms with van der Waals surface area (Å²) in [7, 11) is 0. The van der Waals surface area contributed by atoms with E-state index in [4.69, 9.17) is 16.6 Å². The van der Waals surface area contributed by atoms with E-state index in [1.54, 1.807) is 20.1 Å². The van der Waals surface area contributed by atoms with Gasteiger partial charge in [0.15, 0.2) is 0 Å². The number of aliphatic hydroxyl groups is 1. The Labute approximate surface area is 242 Å². The third-order valence-corrected chi connectivity index (χ3v) is 6.34. The van der Waals surface area contributed by atoms with Crippen molar-refractivity contribution in [1.29, 1.82) is 0 Å². The van der Waals surface area contributed by atoms with Crippen molar-refractivity contribution in [3.05, 3.63) is 0 Å². The van der Waals surface area contributed by atoms with E-state index < -0.39 is 84.7 Å². The van der Waals surface area contributed by atoms with Gasteiger partial charge in [0.05, 0.1) is 12.6 Å². The van der Waals surface area contributed by atoms with Gasteiger partial charge in [-0.05, 0) is 43.6 Å². The fraction of sp³-hybridized carbons (Fsp3) is 0.708. The second kappa shape index (κ2) is 19.6. The Morgan fingerprint density at radius 3 is 1.73 bits per heavy atom. The van der Waals surface area contributed by atoms with Crippen LogP contribution in [0.15, 0.2) is 0 Å². The zero-order valence-electron chi connectivity index (χ0n) is 23.4. The summed E-state index contributed by atoms with van der Waals surface area (Å²) in [5, 5.41) is 37.2. The molecule has 0 aliphatic rings. The Kier molecular flexibility index (Phi) is 18.0. The van der Waals surface area contributed by atoms with Crippen molar-refractivity contribution in [1.82, 2.24) is 21.3 Å². The lowest BCUT2D eigenvalue weighted by atomic mass is 10.0. The molecule has 0 aromatic carbocycles. The van der Waals surface area contributed by atoms with Crippen molar-refractivity contribution in [2.75, 3.05) is 18.6 Å². The van der Waals surface area contributed by atoms with Crippen LogP contribution in [0.2, 0.25) is 0 Å². The number of aliphatic hydroxyl groups excluding tert-OH is 1. The minimum Gasteiger partial charge on any atom is -0.481 e. The standard InChI is InChI=1S/C24H42N6O10S/c1-12(2)10-16(29-23(38)17(11-31)30-20(35)13(25)4-7-19(33)34)22(37)27-14(5-6-18(26)32)21(36)28-15(24(39)40)8-9-41-3/h12-17,31H,4-11,25H2,1-3H3,(H2,26,32)(H,27,37)(H,28,36)(H,29,38)(H,30,35)(H,33,34)(H,39,40)/t13-,14-,15-,16-,17-/m0/s1. The molecule has 41 heavy (non-hydrogen) atoms. The van der Waals surface area contributed by atoms with Gasteiger partial charge in [-0.15, -0.1) is 0 Å². The molecular formula is C24H42N6O10S. The normalized spacial score (nSPS) is 14.6. The highest BCUT2D eigenvalue weighted by Gasteiger charge is 2.32. The van der Waals surface area contributed by atoms with Crippen molar-refractivity contribution in [2.24, 2.45) is 17.4 Å². The molecule has 0 aromatic heterocycles. The van der Waals surface area contributed by atoms with Crippen LogP contribution in [0.5, 0.6) is 0 Å². The molecule has 0 saturated heterocycles. The first kappa shape index (κ1) is 37.6. The van der Waals surface area contributed by atoms with Crippen LogP contribution < -0.4 is 32.7 Å². The molecule has 234 valence electrons. The molecule has 16 nitrogen and oxygen atoms in total. The van der Waals surface area contributed by atoms with Crippen LogP contribution in [0.3, 0.4) is 0 Å². The van der Waals surface area contributed by atoms with Crippen LogP contribution in [0.4, 0.5) is 0 Å². The minimum atomic E-state index is -1.53. The molecule has 0 saturated carbocycles. The number of nitrogens with two attached hydrogens (primary N) is 2. The molecule has 0 fully saturated rings. The van der Waals surface area contributed by atoms with Gasteiger partial charge >= 0.3 is 11.9 Å².